The Balaban J connectivity index is -0.0000000113. The van der Waals surface area contributed by atoms with Crippen molar-refractivity contribution < 1.29 is 307 Å². The average molecular weight is 2360 g/mol. The molecule has 3 amide bonds. The van der Waals surface area contributed by atoms with Gasteiger partial charge in [-0.15, -0.1) is 0 Å². The van der Waals surface area contributed by atoms with Gasteiger partial charge in [0.25, 0.3) is 0 Å². The van der Waals surface area contributed by atoms with Crippen LogP contribution in [0.1, 0.15) is 97.3 Å². The molecule has 30 heteroatoms. The summed E-state index contributed by atoms with van der Waals surface area (Å²) in [6, 6.07) is 0. The van der Waals surface area contributed by atoms with E-state index < -0.39 is 0 Å². The van der Waals surface area contributed by atoms with Crippen molar-refractivity contribution in [1.29, 1.82) is 0 Å². The molecule has 451 valence electrons. The molecule has 0 spiro atoms. The van der Waals surface area contributed by atoms with Crippen molar-refractivity contribution in [3.05, 3.63) is 156 Å². The first kappa shape index (κ1) is 198. The second-order valence-electron chi connectivity index (χ2n) is 9.95. The standard InChI is InChI=1S/3C5H7NO.C5H9.2C4H8N.4C2H4P.2CHO2.CH4.9CH3.9V.5W/c3*7-5-6-3-1-2-4-6;3*1-2-4-5-3-1;4*1-2-3;2*2-1-3;;;;;;;;;;;;;;;;;;;;;;;;/h3*3H,1-2,4H2;1H,2-5H2;2*3,5H,1-2,4H2;4*1-2H,3H2;2*(H,2,3);1H4;9*1H3;;;;;;;;;;;;;;/q3*-2;9*-1;;9*-1;9*+2;;;;2*+2. The zero-order valence-electron chi connectivity index (χ0n) is 46.7. The first-order chi connectivity index (χ1) is 26.3. The number of rotatable bonds is 3. The van der Waals surface area contributed by atoms with E-state index in [0.717, 1.165) is 58.2 Å². The zero-order chi connectivity index (χ0) is 42.2. The molecule has 0 aromatic rings. The summed E-state index contributed by atoms with van der Waals surface area (Å²) in [5.74, 6) is 5.67. The first-order valence-electron chi connectivity index (χ1n) is 17.2. The van der Waals surface area contributed by atoms with Crippen LogP contribution in [0, 0.1) is 132 Å². The fourth-order valence-corrected chi connectivity index (χ4v) is 3.79. The molecule has 5 aliphatic heterocycles. The Morgan fingerprint density at radius 3 is 0.628 bits per heavy atom. The largest absolute Gasteiger partial charge is 2.00 e. The van der Waals surface area contributed by atoms with Gasteiger partial charge in [-0.25, -0.2) is 0 Å². The van der Waals surface area contributed by atoms with Gasteiger partial charge in [0.2, 0.25) is 0 Å². The molecule has 5 heterocycles. The van der Waals surface area contributed by atoms with Crippen molar-refractivity contribution in [2.75, 3.05) is 32.7 Å². The molecule has 12 nitrogen and oxygen atoms in total. The van der Waals surface area contributed by atoms with Crippen LogP contribution in [0.2, 0.25) is 0 Å². The topological polar surface area (TPSA) is 160 Å². The van der Waals surface area contributed by atoms with Gasteiger partial charge in [-0.2, -0.15) is 101 Å². The Morgan fingerprint density at radius 2 is 0.577 bits per heavy atom. The van der Waals surface area contributed by atoms with Crippen LogP contribution in [0.25, 0.3) is 0 Å². The van der Waals surface area contributed by atoms with Crippen molar-refractivity contribution in [2.24, 2.45) is 0 Å². The van der Waals surface area contributed by atoms with Gasteiger partial charge in [-0.3, -0.25) is 56.0 Å². The third kappa shape index (κ3) is 233. The van der Waals surface area contributed by atoms with Crippen molar-refractivity contribution in [3.8, 4) is 0 Å². The van der Waals surface area contributed by atoms with Gasteiger partial charge >= 0.3 is 209 Å². The summed E-state index contributed by atoms with van der Waals surface area (Å²) >= 11 is 0. The summed E-state index contributed by atoms with van der Waals surface area (Å²) in [6.07, 6.45) is 25.0. The van der Waals surface area contributed by atoms with Crippen LogP contribution < -0.4 is 10.6 Å². The molecular weight excluding hydrogens is 2260 g/mol. The van der Waals surface area contributed by atoms with Crippen LogP contribution in [-0.4, -0.2) is 89.8 Å². The monoisotopic (exact) mass is 2360 g/mol. The Labute approximate surface area is 676 Å². The van der Waals surface area contributed by atoms with E-state index in [1.807, 2.05) is 19.6 Å². The van der Waals surface area contributed by atoms with Crippen molar-refractivity contribution in [2.45, 2.75) is 97.3 Å². The SMILES string of the molecule is C.O=[C-]N1[CH-]CCC1.O=[C-]N1[CH-]CCC1.O=[C-]N1[CH-]CCC1.O=[C-]O.O=[C-]O.[CH-]1CCCC1.[CH-]1CCCN1.[CH-]1CCCN1.[CH-]=CP.[CH-]=CP.[CH-]=CP.[CH-]=CP.[CH3-].[CH3-].[CH3-].[CH3-].[CH3-].[CH3-].[CH3-].[CH3-].[CH3-].[V+2].[V+2].[V+2].[V+2].[V+2].[V+2].[V+2].[V+2].[V+2].[W+2].[W+2].[W].[W].[W]. The van der Waals surface area contributed by atoms with E-state index in [9.17, 15) is 14.4 Å². The number of hydrogen-bond donors (Lipinski definition) is 4. The van der Waals surface area contributed by atoms with Crippen LogP contribution >= 0.6 is 37.0 Å². The molecule has 4 N–H and O–H groups in total. The smallest absolute Gasteiger partial charge is 0.666 e. The molecule has 6 aliphatic rings. The molecule has 1 saturated carbocycles. The molecule has 6 rings (SSSR count). The number of nitrogens with zero attached hydrogens (tertiary/aromatic N) is 3. The second kappa shape index (κ2) is 214. The van der Waals surface area contributed by atoms with Crippen molar-refractivity contribution in [1.82, 2.24) is 25.3 Å². The summed E-state index contributed by atoms with van der Waals surface area (Å²) < 4.78 is 0. The van der Waals surface area contributed by atoms with Crippen molar-refractivity contribution >= 4 is 69.1 Å². The van der Waals surface area contributed by atoms with Crippen LogP contribution in [-0.2, 0) is 296 Å². The number of amides is 3. The number of hydrogen-bond acceptors (Lipinski definition) is 7. The molecule has 4 unspecified atom stereocenters. The van der Waals surface area contributed by atoms with Gasteiger partial charge in [0, 0.05) is 63.2 Å². The van der Waals surface area contributed by atoms with Crippen LogP contribution in [0.3, 0.4) is 0 Å². The summed E-state index contributed by atoms with van der Waals surface area (Å²) in [5.41, 5.74) is 0. The van der Waals surface area contributed by atoms with E-state index in [4.69, 9.17) is 19.8 Å². The first-order valence-corrected chi connectivity index (χ1v) is 19.8. The molecule has 0 bridgehead atoms. The number of nitrogens with one attached hydrogen (secondary N) is 2. The van der Waals surface area contributed by atoms with E-state index in [1.54, 1.807) is 33.9 Å². The minimum Gasteiger partial charge on any atom is -0.666 e. The third-order valence-electron chi connectivity index (χ3n) is 5.90. The Hall–Kier alpha value is 6.65. The molecular formula is C48H95N5O7P4V9W5-2. The Bertz CT molecular complexity index is 707. The van der Waals surface area contributed by atoms with Crippen LogP contribution in [0.4, 0.5) is 0 Å². The maximum Gasteiger partial charge on any atom is 2.00 e. The van der Waals surface area contributed by atoms with Gasteiger partial charge in [0.15, 0.2) is 0 Å². The average Bonchev–Trinajstić information content (AvgIpc) is 4.05. The van der Waals surface area contributed by atoms with Gasteiger partial charge in [0.05, 0.1) is 0 Å². The molecule has 5 saturated heterocycles. The van der Waals surface area contributed by atoms with Gasteiger partial charge in [0.1, 0.15) is 0 Å². The fraction of sp³-hybridized carbons (Fsp3) is 0.417. The zero-order valence-corrected chi connectivity index (χ0v) is 78.5. The normalized spacial score (nSPS) is 11.1. The van der Waals surface area contributed by atoms with E-state index in [2.05, 4.69) is 93.4 Å². The fourth-order valence-electron chi connectivity index (χ4n) is 3.79. The van der Waals surface area contributed by atoms with E-state index in [-0.39, 0.29) is 347 Å². The summed E-state index contributed by atoms with van der Waals surface area (Å²) in [5, 5.41) is 19.7. The quantitative estimate of drug-likeness (QED) is 0.159. The molecule has 1 aliphatic carbocycles. The van der Waals surface area contributed by atoms with E-state index >= 15 is 0 Å². The predicted molar refractivity (Wildman–Crippen MR) is 299 cm³/mol. The number of carbonyl (C=O) groups excluding carboxylic acids is 3. The summed E-state index contributed by atoms with van der Waals surface area (Å²) in [6.45, 7) is 34.5. The maximum atomic E-state index is 9.78. The number of aliphatic hydroxyl groups excluding tert-OH is 2. The molecule has 0 aromatic heterocycles. The molecule has 9 radical (unpaired) electrons. The maximum absolute atomic E-state index is 9.78. The van der Waals surface area contributed by atoms with Gasteiger partial charge in [-0.05, 0) is 32.7 Å². The van der Waals surface area contributed by atoms with Gasteiger partial charge < -0.3 is 159 Å². The minimum absolute atomic E-state index is 0. The molecule has 6 fully saturated rings. The predicted octanol–water partition coefficient (Wildman–Crippen LogP) is 10.9. The van der Waals surface area contributed by atoms with Gasteiger partial charge in [-0.1, -0.05) is 65.3 Å². The minimum atomic E-state index is 0. The number of likely N-dealkylation sites (tertiary alicyclic amines) is 3. The van der Waals surface area contributed by atoms with E-state index in [0.29, 0.717) is 12.9 Å². The molecule has 78 heavy (non-hydrogen) atoms. The third-order valence-corrected chi connectivity index (χ3v) is 5.90. The summed E-state index contributed by atoms with van der Waals surface area (Å²) in [7, 11) is 8.93. The Kier molecular flexibility index (Phi) is 545. The Morgan fingerprint density at radius 1 is 0.397 bits per heavy atom. The summed E-state index contributed by atoms with van der Waals surface area (Å²) in [4.78, 5) is 50.5. The van der Waals surface area contributed by atoms with Crippen LogP contribution in [0.5, 0.6) is 0 Å². The van der Waals surface area contributed by atoms with Crippen molar-refractivity contribution in [3.63, 3.8) is 0 Å². The second-order valence-corrected chi connectivity index (χ2v) is 11.5. The van der Waals surface area contributed by atoms with Crippen LogP contribution in [0.15, 0.2) is 23.3 Å². The molecule has 4 atom stereocenters. The molecule has 0 aromatic carbocycles. The van der Waals surface area contributed by atoms with E-state index in [1.165, 1.54) is 87.7 Å².